The Morgan fingerprint density at radius 2 is 1.74 bits per heavy atom. The van der Waals surface area contributed by atoms with E-state index in [9.17, 15) is 9.59 Å². The van der Waals surface area contributed by atoms with Crippen molar-refractivity contribution >= 4 is 24.2 Å². The molecule has 0 radical (unpaired) electrons. The molecule has 0 spiro atoms. The standard InChI is InChI=1S/C17H29N3O2.ClH/c1-17(18)9-3-2-4-14(17)15(21)19-13-7-10-20(11-8-13)16(22)12-5-6-12;/h12-14H,2-11,18H2,1H3,(H,19,21);1H. The normalized spacial score (nSPS) is 32.1. The van der Waals surface area contributed by atoms with Gasteiger partial charge in [0, 0.05) is 30.6 Å². The molecule has 2 unspecified atom stereocenters. The summed E-state index contributed by atoms with van der Waals surface area (Å²) in [7, 11) is 0. The summed E-state index contributed by atoms with van der Waals surface area (Å²) in [5, 5.41) is 3.19. The summed E-state index contributed by atoms with van der Waals surface area (Å²) in [5.74, 6) is 0.682. The predicted octanol–water partition coefficient (Wildman–Crippen LogP) is 1.83. The van der Waals surface area contributed by atoms with Gasteiger partial charge in [0.1, 0.15) is 0 Å². The molecule has 132 valence electrons. The lowest BCUT2D eigenvalue weighted by atomic mass is 9.74. The van der Waals surface area contributed by atoms with Crippen LogP contribution >= 0.6 is 12.4 Å². The Morgan fingerprint density at radius 1 is 1.09 bits per heavy atom. The highest BCUT2D eigenvalue weighted by molar-refractivity contribution is 5.85. The number of likely N-dealkylation sites (tertiary alicyclic amines) is 1. The zero-order valence-corrected chi connectivity index (χ0v) is 14.9. The highest BCUT2D eigenvalue weighted by Gasteiger charge is 2.39. The number of amides is 2. The topological polar surface area (TPSA) is 75.4 Å². The van der Waals surface area contributed by atoms with E-state index in [4.69, 9.17) is 5.73 Å². The van der Waals surface area contributed by atoms with Gasteiger partial charge in [0.15, 0.2) is 0 Å². The van der Waals surface area contributed by atoms with Gasteiger partial charge < -0.3 is 16.0 Å². The van der Waals surface area contributed by atoms with Gasteiger partial charge in [0.2, 0.25) is 11.8 Å². The third kappa shape index (κ3) is 4.38. The van der Waals surface area contributed by atoms with Crippen LogP contribution in [0.25, 0.3) is 0 Å². The van der Waals surface area contributed by atoms with Gasteiger partial charge in [-0.05, 0) is 45.4 Å². The van der Waals surface area contributed by atoms with Crippen LogP contribution < -0.4 is 11.1 Å². The van der Waals surface area contributed by atoms with E-state index < -0.39 is 0 Å². The van der Waals surface area contributed by atoms with Crippen molar-refractivity contribution in [3.05, 3.63) is 0 Å². The van der Waals surface area contributed by atoms with Gasteiger partial charge >= 0.3 is 0 Å². The van der Waals surface area contributed by atoms with Gasteiger partial charge in [0.05, 0.1) is 5.92 Å². The summed E-state index contributed by atoms with van der Waals surface area (Å²) in [6.45, 7) is 3.57. The minimum absolute atomic E-state index is 0. The lowest BCUT2D eigenvalue weighted by molar-refractivity contribution is -0.134. The van der Waals surface area contributed by atoms with Crippen molar-refractivity contribution in [1.82, 2.24) is 10.2 Å². The predicted molar refractivity (Wildman–Crippen MR) is 92.3 cm³/mol. The Bertz CT molecular complexity index is 443. The number of hydrogen-bond acceptors (Lipinski definition) is 3. The molecular weight excluding hydrogens is 314 g/mol. The first-order chi connectivity index (χ1) is 10.5. The van der Waals surface area contributed by atoms with Crippen LogP contribution in [0.4, 0.5) is 0 Å². The third-order valence-electron chi connectivity index (χ3n) is 5.65. The van der Waals surface area contributed by atoms with Crippen molar-refractivity contribution in [1.29, 1.82) is 0 Å². The quantitative estimate of drug-likeness (QED) is 0.821. The first-order valence-electron chi connectivity index (χ1n) is 8.85. The number of nitrogens with one attached hydrogen (secondary N) is 1. The highest BCUT2D eigenvalue weighted by Crippen LogP contribution is 2.33. The van der Waals surface area contributed by atoms with Gasteiger partial charge in [-0.3, -0.25) is 9.59 Å². The second-order valence-electron chi connectivity index (χ2n) is 7.69. The first kappa shape index (κ1) is 18.5. The van der Waals surface area contributed by atoms with E-state index in [1.54, 1.807) is 0 Å². The van der Waals surface area contributed by atoms with Crippen molar-refractivity contribution in [3.63, 3.8) is 0 Å². The molecule has 1 saturated heterocycles. The van der Waals surface area contributed by atoms with Crippen molar-refractivity contribution < 1.29 is 9.59 Å². The van der Waals surface area contributed by atoms with Gasteiger partial charge in [0.25, 0.3) is 0 Å². The molecule has 1 aliphatic heterocycles. The summed E-state index contributed by atoms with van der Waals surface area (Å²) in [5.41, 5.74) is 5.95. The number of nitrogens with two attached hydrogens (primary N) is 1. The van der Waals surface area contributed by atoms with Crippen molar-refractivity contribution in [3.8, 4) is 0 Å². The van der Waals surface area contributed by atoms with Crippen LogP contribution in [-0.4, -0.2) is 41.4 Å². The molecule has 1 heterocycles. The number of halogens is 1. The lowest BCUT2D eigenvalue weighted by Crippen LogP contribution is -2.55. The van der Waals surface area contributed by atoms with Crippen LogP contribution in [-0.2, 0) is 9.59 Å². The van der Waals surface area contributed by atoms with Crippen LogP contribution in [0.2, 0.25) is 0 Å². The van der Waals surface area contributed by atoms with E-state index in [-0.39, 0.29) is 35.8 Å². The van der Waals surface area contributed by atoms with Crippen LogP contribution in [0.5, 0.6) is 0 Å². The summed E-state index contributed by atoms with van der Waals surface area (Å²) < 4.78 is 0. The zero-order valence-electron chi connectivity index (χ0n) is 14.1. The number of rotatable bonds is 3. The minimum Gasteiger partial charge on any atom is -0.353 e. The average Bonchev–Trinajstić information content (AvgIpc) is 3.31. The molecule has 2 aliphatic carbocycles. The molecule has 0 aromatic heterocycles. The lowest BCUT2D eigenvalue weighted by Gasteiger charge is -2.39. The Morgan fingerprint density at radius 3 is 2.30 bits per heavy atom. The summed E-state index contributed by atoms with van der Waals surface area (Å²) in [4.78, 5) is 26.6. The molecule has 2 saturated carbocycles. The van der Waals surface area contributed by atoms with Crippen molar-refractivity contribution in [2.24, 2.45) is 17.6 Å². The van der Waals surface area contributed by atoms with Gasteiger partial charge in [-0.25, -0.2) is 0 Å². The number of piperidine rings is 1. The maximum Gasteiger partial charge on any atom is 0.225 e. The molecule has 3 N–H and O–H groups in total. The molecule has 23 heavy (non-hydrogen) atoms. The number of carbonyl (C=O) groups is 2. The second-order valence-corrected chi connectivity index (χ2v) is 7.69. The first-order valence-corrected chi connectivity index (χ1v) is 8.85. The summed E-state index contributed by atoms with van der Waals surface area (Å²) >= 11 is 0. The largest absolute Gasteiger partial charge is 0.353 e. The van der Waals surface area contributed by atoms with Crippen molar-refractivity contribution in [2.45, 2.75) is 69.9 Å². The Balaban J connectivity index is 0.00000192. The van der Waals surface area contributed by atoms with Crippen LogP contribution in [0.3, 0.4) is 0 Å². The number of hydrogen-bond donors (Lipinski definition) is 2. The van der Waals surface area contributed by atoms with E-state index in [1.807, 2.05) is 11.8 Å². The molecule has 6 heteroatoms. The summed E-state index contributed by atoms with van der Waals surface area (Å²) in [6.07, 6.45) is 7.92. The van der Waals surface area contributed by atoms with E-state index >= 15 is 0 Å². The van der Waals surface area contributed by atoms with Gasteiger partial charge in [-0.1, -0.05) is 12.8 Å². The van der Waals surface area contributed by atoms with Gasteiger partial charge in [-0.15, -0.1) is 12.4 Å². The fourth-order valence-corrected chi connectivity index (χ4v) is 3.92. The smallest absolute Gasteiger partial charge is 0.225 e. The Kier molecular flexibility index (Phi) is 5.95. The monoisotopic (exact) mass is 343 g/mol. The van der Waals surface area contributed by atoms with Gasteiger partial charge in [-0.2, -0.15) is 0 Å². The third-order valence-corrected chi connectivity index (χ3v) is 5.65. The molecule has 2 atom stereocenters. The fraction of sp³-hybridized carbons (Fsp3) is 0.882. The Labute approximate surface area is 145 Å². The highest BCUT2D eigenvalue weighted by atomic mass is 35.5. The molecule has 5 nitrogen and oxygen atoms in total. The van der Waals surface area contributed by atoms with Crippen molar-refractivity contribution in [2.75, 3.05) is 13.1 Å². The van der Waals surface area contributed by atoms with Crippen LogP contribution in [0.15, 0.2) is 0 Å². The van der Waals surface area contributed by atoms with Crippen LogP contribution in [0, 0.1) is 11.8 Å². The van der Waals surface area contributed by atoms with E-state index in [0.717, 1.165) is 64.5 Å². The molecule has 2 amide bonds. The molecule has 0 aromatic rings. The second kappa shape index (κ2) is 7.39. The average molecular weight is 344 g/mol. The molecule has 0 bridgehead atoms. The van der Waals surface area contributed by atoms with E-state index in [1.165, 1.54) is 0 Å². The molecular formula is C17H30ClN3O2. The molecule has 3 aliphatic rings. The maximum atomic E-state index is 12.5. The number of nitrogens with zero attached hydrogens (tertiary/aromatic N) is 1. The molecule has 0 aromatic carbocycles. The van der Waals surface area contributed by atoms with E-state index in [2.05, 4.69) is 5.32 Å². The molecule has 3 fully saturated rings. The zero-order chi connectivity index (χ0) is 15.7. The molecule has 3 rings (SSSR count). The van der Waals surface area contributed by atoms with Crippen LogP contribution in [0.1, 0.15) is 58.3 Å². The fourth-order valence-electron chi connectivity index (χ4n) is 3.92. The SMILES string of the molecule is CC1(N)CCCCC1C(=O)NC1CCN(C(=O)C2CC2)CC1.Cl. The van der Waals surface area contributed by atoms with E-state index in [0.29, 0.717) is 11.8 Å². The minimum atomic E-state index is -0.370. The number of carbonyl (C=O) groups excluding carboxylic acids is 2. The maximum absolute atomic E-state index is 12.5. The summed E-state index contributed by atoms with van der Waals surface area (Å²) in [6, 6.07) is 0.202. The Hall–Kier alpha value is -0.810.